The smallest absolute Gasteiger partial charge is 0.124 e. The van der Waals surface area contributed by atoms with Crippen LogP contribution in [0.2, 0.25) is 0 Å². The third-order valence-electron chi connectivity index (χ3n) is 2.56. The molecule has 0 spiro atoms. The van der Waals surface area contributed by atoms with Gasteiger partial charge in [-0.25, -0.2) is 4.98 Å². The molecule has 1 aromatic heterocycles. The van der Waals surface area contributed by atoms with Gasteiger partial charge in [0.15, 0.2) is 0 Å². The van der Waals surface area contributed by atoms with Crippen LogP contribution >= 0.6 is 11.8 Å². The Morgan fingerprint density at radius 3 is 2.41 bits per heavy atom. The van der Waals surface area contributed by atoms with E-state index in [9.17, 15) is 0 Å². The van der Waals surface area contributed by atoms with Crippen LogP contribution in [0.25, 0.3) is 0 Å². The summed E-state index contributed by atoms with van der Waals surface area (Å²) in [4.78, 5) is 5.44. The molecule has 2 N–H and O–H groups in total. The Kier molecular flexibility index (Phi) is 3.69. The zero-order chi connectivity index (χ0) is 12.3. The summed E-state index contributed by atoms with van der Waals surface area (Å²) >= 11 is 1.60. The predicted octanol–water partition coefficient (Wildman–Crippen LogP) is 3.94. The highest BCUT2D eigenvalue weighted by Crippen LogP contribution is 2.30. The number of pyridine rings is 1. The third-order valence-corrected chi connectivity index (χ3v) is 3.60. The number of nitrogens with two attached hydrogens (primary N) is 1. The number of hydrogen-bond donors (Lipinski definition) is 1. The standard InChI is InChI=1S/C14H16N2S/c1-10(2)11-5-7-12(8-6-11)17-14-13(15)4-3-9-16-14/h3-10H,15H2,1-2H3. The van der Waals surface area contributed by atoms with E-state index < -0.39 is 0 Å². The van der Waals surface area contributed by atoms with Crippen LogP contribution in [0.15, 0.2) is 52.5 Å². The van der Waals surface area contributed by atoms with Gasteiger partial charge in [0.05, 0.1) is 5.69 Å². The number of nitrogens with zero attached hydrogens (tertiary/aromatic N) is 1. The summed E-state index contributed by atoms with van der Waals surface area (Å²) in [7, 11) is 0. The first-order valence-corrected chi connectivity index (χ1v) is 6.47. The molecule has 3 heteroatoms. The summed E-state index contributed by atoms with van der Waals surface area (Å²) in [6.07, 6.45) is 1.77. The van der Waals surface area contributed by atoms with Gasteiger partial charge in [-0.3, -0.25) is 0 Å². The molecule has 0 saturated heterocycles. The topological polar surface area (TPSA) is 38.9 Å². The maximum atomic E-state index is 5.86. The van der Waals surface area contributed by atoms with E-state index in [4.69, 9.17) is 5.73 Å². The second-order valence-corrected chi connectivity index (χ2v) is 5.29. The molecular weight excluding hydrogens is 228 g/mol. The lowest BCUT2D eigenvalue weighted by molar-refractivity contribution is 0.865. The molecule has 88 valence electrons. The van der Waals surface area contributed by atoms with E-state index in [0.29, 0.717) is 5.92 Å². The minimum absolute atomic E-state index is 0.564. The Balaban J connectivity index is 2.17. The van der Waals surface area contributed by atoms with Crippen molar-refractivity contribution in [3.05, 3.63) is 48.2 Å². The number of rotatable bonds is 3. The summed E-state index contributed by atoms with van der Waals surface area (Å²) in [6.45, 7) is 4.39. The maximum absolute atomic E-state index is 5.86. The van der Waals surface area contributed by atoms with Crippen molar-refractivity contribution in [2.75, 3.05) is 5.73 Å². The fourth-order valence-corrected chi connectivity index (χ4v) is 2.32. The highest BCUT2D eigenvalue weighted by atomic mass is 32.2. The van der Waals surface area contributed by atoms with Crippen molar-refractivity contribution >= 4 is 17.4 Å². The largest absolute Gasteiger partial charge is 0.397 e. The molecule has 0 aliphatic heterocycles. The van der Waals surface area contributed by atoms with Crippen LogP contribution in [0.4, 0.5) is 5.69 Å². The highest BCUT2D eigenvalue weighted by Gasteiger charge is 2.03. The Morgan fingerprint density at radius 2 is 1.82 bits per heavy atom. The lowest BCUT2D eigenvalue weighted by Crippen LogP contribution is -1.90. The second kappa shape index (κ2) is 5.23. The van der Waals surface area contributed by atoms with Crippen LogP contribution in [0.3, 0.4) is 0 Å². The summed E-state index contributed by atoms with van der Waals surface area (Å²) in [5, 5.41) is 0.866. The van der Waals surface area contributed by atoms with Gasteiger partial charge in [-0.05, 0) is 35.7 Å². The normalized spacial score (nSPS) is 10.8. The zero-order valence-corrected chi connectivity index (χ0v) is 10.9. The molecule has 0 unspecified atom stereocenters. The molecule has 0 atom stereocenters. The maximum Gasteiger partial charge on any atom is 0.124 e. The van der Waals surface area contributed by atoms with E-state index in [2.05, 4.69) is 43.1 Å². The molecule has 0 radical (unpaired) electrons. The van der Waals surface area contributed by atoms with Gasteiger partial charge in [0.1, 0.15) is 5.03 Å². The van der Waals surface area contributed by atoms with Crippen LogP contribution in [0.5, 0.6) is 0 Å². The summed E-state index contributed by atoms with van der Waals surface area (Å²) in [6, 6.07) is 12.3. The zero-order valence-electron chi connectivity index (χ0n) is 10.1. The van der Waals surface area contributed by atoms with Crippen LogP contribution in [0.1, 0.15) is 25.3 Å². The average molecular weight is 244 g/mol. The van der Waals surface area contributed by atoms with Crippen molar-refractivity contribution in [2.24, 2.45) is 0 Å². The van der Waals surface area contributed by atoms with Crippen LogP contribution < -0.4 is 5.73 Å². The fraction of sp³-hybridized carbons (Fsp3) is 0.214. The van der Waals surface area contributed by atoms with Crippen molar-refractivity contribution in [3.8, 4) is 0 Å². The lowest BCUT2D eigenvalue weighted by atomic mass is 10.0. The van der Waals surface area contributed by atoms with Crippen molar-refractivity contribution in [1.82, 2.24) is 4.98 Å². The first-order valence-electron chi connectivity index (χ1n) is 5.65. The SMILES string of the molecule is CC(C)c1ccc(Sc2ncccc2N)cc1. The minimum atomic E-state index is 0.564. The second-order valence-electron chi connectivity index (χ2n) is 4.22. The van der Waals surface area contributed by atoms with Gasteiger partial charge in [0.2, 0.25) is 0 Å². The van der Waals surface area contributed by atoms with E-state index in [1.807, 2.05) is 12.1 Å². The summed E-state index contributed by atoms with van der Waals surface area (Å²) < 4.78 is 0. The molecule has 0 amide bonds. The molecule has 0 saturated carbocycles. The van der Waals surface area contributed by atoms with E-state index in [0.717, 1.165) is 10.7 Å². The number of anilines is 1. The summed E-state index contributed by atoms with van der Waals surface area (Å²) in [5.74, 6) is 0.564. The third kappa shape index (κ3) is 3.01. The van der Waals surface area contributed by atoms with Crippen molar-refractivity contribution in [3.63, 3.8) is 0 Å². The van der Waals surface area contributed by atoms with E-state index >= 15 is 0 Å². The first kappa shape index (κ1) is 12.0. The Labute approximate surface area is 106 Å². The molecule has 17 heavy (non-hydrogen) atoms. The van der Waals surface area contributed by atoms with E-state index in [-0.39, 0.29) is 0 Å². The van der Waals surface area contributed by atoms with Gasteiger partial charge in [-0.15, -0.1) is 0 Å². The fourth-order valence-electron chi connectivity index (χ4n) is 1.52. The van der Waals surface area contributed by atoms with Gasteiger partial charge in [0, 0.05) is 11.1 Å². The van der Waals surface area contributed by atoms with Crippen molar-refractivity contribution in [1.29, 1.82) is 0 Å². The highest BCUT2D eigenvalue weighted by molar-refractivity contribution is 7.99. The molecule has 2 nitrogen and oxygen atoms in total. The minimum Gasteiger partial charge on any atom is -0.397 e. The molecule has 1 heterocycles. The van der Waals surface area contributed by atoms with Gasteiger partial charge in [-0.1, -0.05) is 37.7 Å². The molecule has 0 bridgehead atoms. The number of aromatic nitrogens is 1. The van der Waals surface area contributed by atoms with E-state index in [1.165, 1.54) is 10.5 Å². The molecule has 2 rings (SSSR count). The molecule has 2 aromatic rings. The van der Waals surface area contributed by atoms with Gasteiger partial charge in [-0.2, -0.15) is 0 Å². The molecule has 1 aromatic carbocycles. The number of nitrogen functional groups attached to an aromatic ring is 1. The van der Waals surface area contributed by atoms with Crippen LogP contribution in [-0.2, 0) is 0 Å². The van der Waals surface area contributed by atoms with Crippen molar-refractivity contribution in [2.45, 2.75) is 29.7 Å². The average Bonchev–Trinajstić information content (AvgIpc) is 2.33. The Hall–Kier alpha value is -1.48. The molecule has 0 fully saturated rings. The number of benzene rings is 1. The Morgan fingerprint density at radius 1 is 1.12 bits per heavy atom. The van der Waals surface area contributed by atoms with Crippen LogP contribution in [0, 0.1) is 0 Å². The summed E-state index contributed by atoms with van der Waals surface area (Å²) in [5.41, 5.74) is 7.94. The molecule has 0 aliphatic rings. The van der Waals surface area contributed by atoms with Gasteiger partial charge >= 0.3 is 0 Å². The quantitative estimate of drug-likeness (QED) is 0.888. The van der Waals surface area contributed by atoms with Crippen LogP contribution in [-0.4, -0.2) is 4.98 Å². The van der Waals surface area contributed by atoms with Gasteiger partial charge in [0.25, 0.3) is 0 Å². The van der Waals surface area contributed by atoms with E-state index in [1.54, 1.807) is 18.0 Å². The van der Waals surface area contributed by atoms with Crippen molar-refractivity contribution < 1.29 is 0 Å². The Bertz CT molecular complexity index is 492. The lowest BCUT2D eigenvalue weighted by Gasteiger charge is -2.07. The predicted molar refractivity (Wildman–Crippen MR) is 73.3 cm³/mol. The number of hydrogen-bond acceptors (Lipinski definition) is 3. The van der Waals surface area contributed by atoms with Gasteiger partial charge < -0.3 is 5.73 Å². The molecular formula is C14H16N2S. The molecule has 0 aliphatic carbocycles. The first-order chi connectivity index (χ1) is 8.16. The monoisotopic (exact) mass is 244 g/mol.